The maximum absolute atomic E-state index is 11.1. The first-order chi connectivity index (χ1) is 7.99. The van der Waals surface area contributed by atoms with E-state index in [1.54, 1.807) is 0 Å². The Morgan fingerprint density at radius 3 is 2.65 bits per heavy atom. The van der Waals surface area contributed by atoms with E-state index in [4.69, 9.17) is 10.1 Å². The van der Waals surface area contributed by atoms with Crippen LogP contribution in [0.5, 0.6) is 0 Å². The highest BCUT2D eigenvalue weighted by atomic mass is 32.2. The molecule has 0 saturated heterocycles. The minimum atomic E-state index is -4.46. The third-order valence-corrected chi connectivity index (χ3v) is 2.70. The minimum Gasteiger partial charge on any atom is -0.299 e. The van der Waals surface area contributed by atoms with Gasteiger partial charge in [-0.1, -0.05) is 23.3 Å². The second kappa shape index (κ2) is 5.26. The predicted octanol–water partition coefficient (Wildman–Crippen LogP) is 2.09. The van der Waals surface area contributed by atoms with Crippen LogP contribution in [0.4, 0.5) is 5.69 Å². The van der Waals surface area contributed by atoms with E-state index in [9.17, 15) is 13.2 Å². The van der Waals surface area contributed by atoms with Gasteiger partial charge in [0.05, 0.1) is 0 Å². The SMILES string of the molecule is [N-]=[N+]=Nc1ccc(C=CC=O)c(S(=O)(=O)O)c1. The zero-order chi connectivity index (χ0) is 12.9. The van der Waals surface area contributed by atoms with Crippen molar-refractivity contribution in [1.29, 1.82) is 0 Å². The Kier molecular flexibility index (Phi) is 4.00. The molecule has 1 aromatic carbocycles. The Balaban J connectivity index is 3.47. The Hall–Kier alpha value is -2.15. The molecule has 1 rings (SSSR count). The maximum Gasteiger partial charge on any atom is 0.295 e. The molecule has 0 fully saturated rings. The van der Waals surface area contributed by atoms with Crippen molar-refractivity contribution in [1.82, 2.24) is 0 Å². The van der Waals surface area contributed by atoms with Crippen LogP contribution in [0.3, 0.4) is 0 Å². The maximum atomic E-state index is 11.1. The topological polar surface area (TPSA) is 120 Å². The molecule has 1 aromatic rings. The molecule has 0 aliphatic carbocycles. The molecule has 0 aromatic heterocycles. The van der Waals surface area contributed by atoms with Crippen LogP contribution in [0.2, 0.25) is 0 Å². The average Bonchev–Trinajstić information content (AvgIpc) is 2.26. The van der Waals surface area contributed by atoms with Crippen molar-refractivity contribution in [3.63, 3.8) is 0 Å². The summed E-state index contributed by atoms with van der Waals surface area (Å²) < 4.78 is 31.1. The first kappa shape index (κ1) is 12.9. The summed E-state index contributed by atoms with van der Waals surface area (Å²) in [4.78, 5) is 12.2. The zero-order valence-electron chi connectivity index (χ0n) is 8.39. The largest absolute Gasteiger partial charge is 0.299 e. The Bertz CT molecular complexity index is 615. The fourth-order valence-corrected chi connectivity index (χ4v) is 1.84. The molecular weight excluding hydrogens is 246 g/mol. The molecule has 7 nitrogen and oxygen atoms in total. The van der Waals surface area contributed by atoms with Gasteiger partial charge in [0, 0.05) is 10.6 Å². The van der Waals surface area contributed by atoms with Crippen molar-refractivity contribution in [2.75, 3.05) is 0 Å². The number of rotatable bonds is 4. The fourth-order valence-electron chi connectivity index (χ4n) is 1.14. The fraction of sp³-hybridized carbons (Fsp3) is 0. The number of carbonyl (C=O) groups is 1. The number of hydrogen-bond acceptors (Lipinski definition) is 4. The quantitative estimate of drug-likeness (QED) is 0.220. The van der Waals surface area contributed by atoms with Gasteiger partial charge < -0.3 is 0 Å². The third-order valence-electron chi connectivity index (χ3n) is 1.79. The Morgan fingerprint density at radius 1 is 1.41 bits per heavy atom. The summed E-state index contributed by atoms with van der Waals surface area (Å²) in [7, 11) is -4.46. The van der Waals surface area contributed by atoms with Crippen LogP contribution in [-0.2, 0) is 14.9 Å². The van der Waals surface area contributed by atoms with Gasteiger partial charge in [0.15, 0.2) is 0 Å². The number of nitrogens with zero attached hydrogens (tertiary/aromatic N) is 3. The summed E-state index contributed by atoms with van der Waals surface area (Å²) in [5.41, 5.74) is 8.38. The van der Waals surface area contributed by atoms with E-state index in [2.05, 4.69) is 10.0 Å². The van der Waals surface area contributed by atoms with Gasteiger partial charge in [-0.2, -0.15) is 8.42 Å². The molecule has 0 heterocycles. The number of allylic oxidation sites excluding steroid dienone is 1. The summed E-state index contributed by atoms with van der Waals surface area (Å²) in [6, 6.07) is 3.69. The highest BCUT2D eigenvalue weighted by Gasteiger charge is 2.14. The molecular formula is C9H7N3O4S. The van der Waals surface area contributed by atoms with E-state index in [1.165, 1.54) is 18.2 Å². The van der Waals surface area contributed by atoms with Crippen LogP contribution in [0.15, 0.2) is 34.3 Å². The van der Waals surface area contributed by atoms with Gasteiger partial charge in [0.2, 0.25) is 0 Å². The molecule has 88 valence electrons. The molecule has 0 radical (unpaired) electrons. The first-order valence-electron chi connectivity index (χ1n) is 4.27. The zero-order valence-corrected chi connectivity index (χ0v) is 9.20. The van der Waals surface area contributed by atoms with Crippen molar-refractivity contribution in [2.45, 2.75) is 4.90 Å². The van der Waals surface area contributed by atoms with Crippen molar-refractivity contribution < 1.29 is 17.8 Å². The Labute approximate surface area is 96.8 Å². The van der Waals surface area contributed by atoms with E-state index in [-0.39, 0.29) is 11.3 Å². The highest BCUT2D eigenvalue weighted by Crippen LogP contribution is 2.23. The molecule has 0 saturated carbocycles. The molecule has 0 amide bonds. The molecule has 0 atom stereocenters. The molecule has 8 heteroatoms. The molecule has 0 bridgehead atoms. The first-order valence-corrected chi connectivity index (χ1v) is 5.71. The van der Waals surface area contributed by atoms with Crippen molar-refractivity contribution in [3.05, 3.63) is 40.3 Å². The lowest BCUT2D eigenvalue weighted by molar-refractivity contribution is -0.104. The summed E-state index contributed by atoms with van der Waals surface area (Å²) >= 11 is 0. The van der Waals surface area contributed by atoms with Gasteiger partial charge in [-0.15, -0.1) is 0 Å². The molecule has 1 N–H and O–H groups in total. The van der Waals surface area contributed by atoms with Crippen molar-refractivity contribution in [2.24, 2.45) is 5.11 Å². The van der Waals surface area contributed by atoms with Crippen molar-refractivity contribution >= 4 is 28.2 Å². The standard InChI is InChI=1S/C9H7N3O4S/c10-12-11-8-4-3-7(2-1-5-13)9(6-8)17(14,15)16/h1-6H,(H,14,15,16). The second-order valence-corrected chi connectivity index (χ2v) is 4.27. The van der Waals surface area contributed by atoms with Gasteiger partial charge in [-0.25, -0.2) is 0 Å². The van der Waals surface area contributed by atoms with Gasteiger partial charge in [-0.3, -0.25) is 9.35 Å². The van der Waals surface area contributed by atoms with Gasteiger partial charge in [-0.05, 0) is 23.2 Å². The van der Waals surface area contributed by atoms with Crippen LogP contribution in [-0.4, -0.2) is 19.3 Å². The Morgan fingerprint density at radius 2 is 2.12 bits per heavy atom. The van der Waals surface area contributed by atoms with Gasteiger partial charge in [0.1, 0.15) is 11.2 Å². The predicted molar refractivity (Wildman–Crippen MR) is 60.2 cm³/mol. The molecule has 0 unspecified atom stereocenters. The van der Waals surface area contributed by atoms with Crippen LogP contribution >= 0.6 is 0 Å². The molecule has 0 spiro atoms. The second-order valence-electron chi connectivity index (χ2n) is 2.88. The average molecular weight is 253 g/mol. The number of aldehydes is 1. The highest BCUT2D eigenvalue weighted by molar-refractivity contribution is 7.86. The smallest absolute Gasteiger partial charge is 0.295 e. The summed E-state index contributed by atoms with van der Waals surface area (Å²) in [5.74, 6) is 0. The lowest BCUT2D eigenvalue weighted by Gasteiger charge is -2.03. The number of benzene rings is 1. The van der Waals surface area contributed by atoms with Gasteiger partial charge >= 0.3 is 0 Å². The lowest BCUT2D eigenvalue weighted by atomic mass is 10.2. The number of azide groups is 1. The summed E-state index contributed by atoms with van der Waals surface area (Å²) in [6.07, 6.45) is 2.77. The summed E-state index contributed by atoms with van der Waals surface area (Å²) in [5, 5.41) is 3.21. The van der Waals surface area contributed by atoms with E-state index in [0.29, 0.717) is 6.29 Å². The van der Waals surface area contributed by atoms with Crippen LogP contribution in [0.1, 0.15) is 5.56 Å². The van der Waals surface area contributed by atoms with Crippen LogP contribution in [0.25, 0.3) is 16.5 Å². The third kappa shape index (κ3) is 3.42. The number of hydrogen-bond donors (Lipinski definition) is 1. The molecule has 0 aliphatic heterocycles. The number of carbonyl (C=O) groups excluding carboxylic acids is 1. The lowest BCUT2D eigenvalue weighted by Crippen LogP contribution is -2.00. The van der Waals surface area contributed by atoms with E-state index in [1.807, 2.05) is 0 Å². The molecule has 17 heavy (non-hydrogen) atoms. The van der Waals surface area contributed by atoms with E-state index in [0.717, 1.165) is 12.1 Å². The normalized spacial score (nSPS) is 11.1. The van der Waals surface area contributed by atoms with Crippen molar-refractivity contribution in [3.8, 4) is 0 Å². The van der Waals surface area contributed by atoms with Gasteiger partial charge in [0.25, 0.3) is 10.1 Å². The molecule has 0 aliphatic rings. The van der Waals surface area contributed by atoms with Crippen LogP contribution in [0, 0.1) is 0 Å². The minimum absolute atomic E-state index is 0.0448. The van der Waals surface area contributed by atoms with E-state index < -0.39 is 15.0 Å². The van der Waals surface area contributed by atoms with E-state index >= 15 is 0 Å². The summed E-state index contributed by atoms with van der Waals surface area (Å²) in [6.45, 7) is 0. The monoisotopic (exact) mass is 253 g/mol. The van der Waals surface area contributed by atoms with Crippen LogP contribution < -0.4 is 0 Å².